The van der Waals surface area contributed by atoms with E-state index in [1.54, 1.807) is 9.80 Å². The van der Waals surface area contributed by atoms with Gasteiger partial charge in [-0.2, -0.15) is 5.10 Å². The molecule has 2 saturated heterocycles. The largest absolute Gasteiger partial charge is 0.330 e. The SMILES string of the molecule is Cn1nc(-c2ccc(NC(=O)[C@@H]3CCCN3C(=O)C3CC3)cc2)cc1-c1ccc(NC(=O)[C@@H]2CCCN2C(=O)C2CC2)cc1. The number of carbonyl (C=O) groups is 4. The molecule has 0 unspecified atom stereocenters. The van der Waals surface area contributed by atoms with Crippen LogP contribution in [0.15, 0.2) is 54.6 Å². The number of aromatic nitrogens is 2. The molecule has 0 spiro atoms. The highest BCUT2D eigenvalue weighted by atomic mass is 16.2. The van der Waals surface area contributed by atoms with E-state index in [1.807, 2.05) is 66.3 Å². The number of anilines is 2. The van der Waals surface area contributed by atoms with Crippen LogP contribution < -0.4 is 10.6 Å². The van der Waals surface area contributed by atoms with E-state index in [0.717, 1.165) is 61.0 Å². The number of carbonyl (C=O) groups excluding carboxylic acids is 4. The second-order valence-corrected chi connectivity index (χ2v) is 12.6. The minimum atomic E-state index is -0.394. The van der Waals surface area contributed by atoms with Crippen molar-refractivity contribution in [3.8, 4) is 22.5 Å². The van der Waals surface area contributed by atoms with E-state index in [0.29, 0.717) is 37.3 Å². The Morgan fingerprint density at radius 3 is 1.57 bits per heavy atom. The van der Waals surface area contributed by atoms with Crippen LogP contribution >= 0.6 is 0 Å². The number of nitrogens with one attached hydrogen (secondary N) is 2. The van der Waals surface area contributed by atoms with Gasteiger partial charge in [0.05, 0.1) is 11.4 Å². The summed E-state index contributed by atoms with van der Waals surface area (Å²) in [7, 11) is 1.89. The molecule has 4 fully saturated rings. The Kier molecular flexibility index (Phi) is 7.43. The zero-order valence-corrected chi connectivity index (χ0v) is 25.0. The highest BCUT2D eigenvalue weighted by Gasteiger charge is 2.42. The van der Waals surface area contributed by atoms with Crippen LogP contribution in [0.3, 0.4) is 0 Å². The van der Waals surface area contributed by atoms with Crippen LogP contribution in [0.4, 0.5) is 11.4 Å². The molecule has 4 amide bonds. The lowest BCUT2D eigenvalue weighted by Crippen LogP contribution is -2.43. The quantitative estimate of drug-likeness (QED) is 0.400. The van der Waals surface area contributed by atoms with Gasteiger partial charge >= 0.3 is 0 Å². The lowest BCUT2D eigenvalue weighted by atomic mass is 10.1. The number of likely N-dealkylation sites (tertiary alicyclic amines) is 2. The zero-order valence-electron chi connectivity index (χ0n) is 25.0. The van der Waals surface area contributed by atoms with E-state index in [2.05, 4.69) is 10.6 Å². The number of hydrogen-bond donors (Lipinski definition) is 2. The van der Waals surface area contributed by atoms with Crippen molar-refractivity contribution in [2.45, 2.75) is 63.5 Å². The molecule has 1 aromatic heterocycles. The number of rotatable bonds is 8. The van der Waals surface area contributed by atoms with Crippen LogP contribution in [-0.4, -0.2) is 68.4 Å². The van der Waals surface area contributed by atoms with Crippen LogP contribution in [0, 0.1) is 11.8 Å². The normalized spacial score (nSPS) is 21.4. The Morgan fingerprint density at radius 1 is 0.659 bits per heavy atom. The van der Waals surface area contributed by atoms with Gasteiger partial charge in [0.1, 0.15) is 12.1 Å². The van der Waals surface area contributed by atoms with Crippen molar-refractivity contribution < 1.29 is 19.2 Å². The molecule has 2 atom stereocenters. The standard InChI is InChI=1S/C34H38N6O4/c1-38-30(22-12-16-26(17-13-22)36-32(42)29-5-3-19-40(29)34(44)24-8-9-24)20-27(37-38)21-10-14-25(15-11-21)35-31(41)28-4-2-18-39(28)33(43)23-6-7-23/h10-17,20,23-24,28-29H,2-9,18-19H2,1H3,(H,35,41)(H,36,42)/t28-,29-/m0/s1. The van der Waals surface area contributed by atoms with Crippen molar-refractivity contribution in [1.82, 2.24) is 19.6 Å². The first-order valence-electron chi connectivity index (χ1n) is 15.8. The Bertz CT molecular complexity index is 1590. The van der Waals surface area contributed by atoms with Gasteiger partial charge in [-0.1, -0.05) is 24.3 Å². The fraction of sp³-hybridized carbons (Fsp3) is 0.441. The van der Waals surface area contributed by atoms with Crippen LogP contribution in [0.5, 0.6) is 0 Å². The van der Waals surface area contributed by atoms with Crippen molar-refractivity contribution in [3.63, 3.8) is 0 Å². The predicted molar refractivity (Wildman–Crippen MR) is 166 cm³/mol. The summed E-state index contributed by atoms with van der Waals surface area (Å²) in [6.07, 6.45) is 6.87. The molecule has 3 heterocycles. The molecule has 7 rings (SSSR count). The average Bonchev–Trinajstić information content (AvgIpc) is 3.92. The first kappa shape index (κ1) is 28.3. The average molecular weight is 595 g/mol. The van der Waals surface area contributed by atoms with Crippen molar-refractivity contribution in [1.29, 1.82) is 0 Å². The maximum atomic E-state index is 13.0. The molecule has 2 aliphatic heterocycles. The summed E-state index contributed by atoms with van der Waals surface area (Å²) in [4.78, 5) is 54.7. The lowest BCUT2D eigenvalue weighted by Gasteiger charge is -2.24. The van der Waals surface area contributed by atoms with Gasteiger partial charge in [0.15, 0.2) is 0 Å². The summed E-state index contributed by atoms with van der Waals surface area (Å²) >= 11 is 0. The highest BCUT2D eigenvalue weighted by Crippen LogP contribution is 2.35. The summed E-state index contributed by atoms with van der Waals surface area (Å²) in [6.45, 7) is 1.32. The van der Waals surface area contributed by atoms with Gasteiger partial charge in [0, 0.05) is 48.9 Å². The van der Waals surface area contributed by atoms with E-state index in [-0.39, 0.29) is 35.5 Å². The second kappa shape index (κ2) is 11.6. The van der Waals surface area contributed by atoms with Gasteiger partial charge in [-0.05, 0) is 87.3 Å². The Balaban J connectivity index is 0.978. The molecule has 3 aromatic rings. The molecule has 2 aromatic carbocycles. The van der Waals surface area contributed by atoms with Crippen molar-refractivity contribution in [2.75, 3.05) is 23.7 Å². The third kappa shape index (κ3) is 5.73. The minimum absolute atomic E-state index is 0.113. The lowest BCUT2D eigenvalue weighted by molar-refractivity contribution is -0.137. The molecule has 2 saturated carbocycles. The molecular weight excluding hydrogens is 556 g/mol. The molecule has 0 bridgehead atoms. The van der Waals surface area contributed by atoms with E-state index < -0.39 is 12.1 Å². The summed E-state index contributed by atoms with van der Waals surface area (Å²) in [6, 6.07) is 16.5. The molecule has 10 heteroatoms. The molecule has 44 heavy (non-hydrogen) atoms. The number of nitrogens with zero attached hydrogens (tertiary/aromatic N) is 4. The fourth-order valence-electron chi connectivity index (χ4n) is 6.51. The minimum Gasteiger partial charge on any atom is -0.330 e. The molecule has 4 aliphatic rings. The van der Waals surface area contributed by atoms with Crippen LogP contribution in [0.1, 0.15) is 51.4 Å². The van der Waals surface area contributed by atoms with E-state index in [9.17, 15) is 19.2 Å². The molecule has 228 valence electrons. The summed E-state index contributed by atoms with van der Waals surface area (Å²) in [5, 5.41) is 10.7. The molecular formula is C34H38N6O4. The van der Waals surface area contributed by atoms with Gasteiger partial charge < -0.3 is 20.4 Å². The van der Waals surface area contributed by atoms with Gasteiger partial charge in [-0.3, -0.25) is 23.9 Å². The van der Waals surface area contributed by atoms with Gasteiger partial charge in [-0.25, -0.2) is 0 Å². The Hall–Kier alpha value is -4.47. The Morgan fingerprint density at radius 2 is 1.11 bits per heavy atom. The maximum absolute atomic E-state index is 13.0. The molecule has 0 radical (unpaired) electrons. The van der Waals surface area contributed by atoms with Crippen molar-refractivity contribution in [2.24, 2.45) is 18.9 Å². The number of benzene rings is 2. The summed E-state index contributed by atoms with van der Waals surface area (Å²) in [5.74, 6) is 0.224. The number of aryl methyl sites for hydroxylation is 1. The monoisotopic (exact) mass is 594 g/mol. The van der Waals surface area contributed by atoms with Crippen molar-refractivity contribution >= 4 is 35.0 Å². The zero-order chi connectivity index (χ0) is 30.4. The number of amides is 4. The first-order chi connectivity index (χ1) is 21.4. The van der Waals surface area contributed by atoms with Gasteiger partial charge in [-0.15, -0.1) is 0 Å². The van der Waals surface area contributed by atoms with Crippen molar-refractivity contribution in [3.05, 3.63) is 54.6 Å². The van der Waals surface area contributed by atoms with E-state index in [1.165, 1.54) is 0 Å². The topological polar surface area (TPSA) is 117 Å². The predicted octanol–water partition coefficient (Wildman–Crippen LogP) is 4.43. The van der Waals surface area contributed by atoms with E-state index >= 15 is 0 Å². The molecule has 2 aliphatic carbocycles. The summed E-state index contributed by atoms with van der Waals surface area (Å²) in [5.41, 5.74) is 4.99. The third-order valence-electron chi connectivity index (χ3n) is 9.31. The highest BCUT2D eigenvalue weighted by molar-refractivity contribution is 5.99. The third-order valence-corrected chi connectivity index (χ3v) is 9.31. The fourth-order valence-corrected chi connectivity index (χ4v) is 6.51. The van der Waals surface area contributed by atoms with E-state index in [4.69, 9.17) is 5.10 Å². The van der Waals surface area contributed by atoms with Crippen LogP contribution in [-0.2, 0) is 26.2 Å². The molecule has 10 nitrogen and oxygen atoms in total. The number of hydrogen-bond acceptors (Lipinski definition) is 5. The summed E-state index contributed by atoms with van der Waals surface area (Å²) < 4.78 is 1.82. The Labute approximate surface area is 256 Å². The molecule has 2 N–H and O–H groups in total. The second-order valence-electron chi connectivity index (χ2n) is 12.6. The van der Waals surface area contributed by atoms with Gasteiger partial charge in [0.2, 0.25) is 23.6 Å². The van der Waals surface area contributed by atoms with Gasteiger partial charge in [0.25, 0.3) is 0 Å². The van der Waals surface area contributed by atoms with Crippen LogP contribution in [0.25, 0.3) is 22.5 Å². The maximum Gasteiger partial charge on any atom is 0.247 e. The smallest absolute Gasteiger partial charge is 0.247 e. The van der Waals surface area contributed by atoms with Crippen LogP contribution in [0.2, 0.25) is 0 Å². The first-order valence-corrected chi connectivity index (χ1v) is 15.8.